The van der Waals surface area contributed by atoms with Gasteiger partial charge in [-0.25, -0.2) is 0 Å². The van der Waals surface area contributed by atoms with Crippen molar-refractivity contribution in [2.45, 2.75) is 51.1 Å². The third kappa shape index (κ3) is 2.51. The van der Waals surface area contributed by atoms with Crippen molar-refractivity contribution in [3.05, 3.63) is 0 Å². The zero-order valence-electron chi connectivity index (χ0n) is 9.24. The van der Waals surface area contributed by atoms with Gasteiger partial charge in [0, 0.05) is 24.4 Å². The lowest BCUT2D eigenvalue weighted by atomic mass is 9.76. The summed E-state index contributed by atoms with van der Waals surface area (Å²) in [6.45, 7) is 4.52. The van der Waals surface area contributed by atoms with E-state index in [1.807, 2.05) is 6.21 Å². The molecule has 3 heteroatoms. The molecule has 0 aromatic heterocycles. The summed E-state index contributed by atoms with van der Waals surface area (Å²) in [7, 11) is 0. The van der Waals surface area contributed by atoms with Crippen molar-refractivity contribution in [2.75, 3.05) is 5.75 Å². The molecule has 0 saturated carbocycles. The molecule has 2 nitrogen and oxygen atoms in total. The number of nitrogens with two attached hydrogens (primary N) is 1. The summed E-state index contributed by atoms with van der Waals surface area (Å²) in [5, 5.41) is 0. The molecule has 3 atom stereocenters. The largest absolute Gasteiger partial charge is 0.325 e. The topological polar surface area (TPSA) is 38.4 Å². The van der Waals surface area contributed by atoms with Gasteiger partial charge in [0.15, 0.2) is 0 Å². The zero-order chi connectivity index (χ0) is 10.6. The van der Waals surface area contributed by atoms with E-state index in [0.29, 0.717) is 0 Å². The molecule has 0 aliphatic carbocycles. The average Bonchev–Trinajstić information content (AvgIpc) is 2.10. The van der Waals surface area contributed by atoms with Gasteiger partial charge in [0.1, 0.15) is 0 Å². The van der Waals surface area contributed by atoms with Crippen LogP contribution in [0.4, 0.5) is 0 Å². The van der Waals surface area contributed by atoms with Crippen LogP contribution in [0.15, 0.2) is 4.99 Å². The number of hydrogen-bond acceptors (Lipinski definition) is 3. The quantitative estimate of drug-likeness (QED) is 0.654. The van der Waals surface area contributed by atoms with E-state index in [-0.39, 0.29) is 11.6 Å². The molecule has 1 aliphatic heterocycles. The highest BCUT2D eigenvalue weighted by molar-refractivity contribution is 7.80. The van der Waals surface area contributed by atoms with Crippen LogP contribution in [-0.2, 0) is 0 Å². The Morgan fingerprint density at radius 1 is 1.64 bits per heavy atom. The molecule has 1 heterocycles. The number of nitrogens with zero attached hydrogens (tertiary/aromatic N) is 1. The Kier molecular flexibility index (Phi) is 4.45. The minimum absolute atomic E-state index is 0.0241. The monoisotopic (exact) mass is 214 g/mol. The smallest absolute Gasteiger partial charge is 0.0813 e. The van der Waals surface area contributed by atoms with Crippen molar-refractivity contribution in [3.8, 4) is 0 Å². The van der Waals surface area contributed by atoms with E-state index in [0.717, 1.165) is 24.5 Å². The molecular weight excluding hydrogens is 192 g/mol. The maximum atomic E-state index is 6.07. The molecule has 0 saturated heterocycles. The molecule has 0 radical (unpaired) electrons. The highest BCUT2D eigenvalue weighted by Gasteiger charge is 2.39. The van der Waals surface area contributed by atoms with Crippen LogP contribution in [0, 0.1) is 5.92 Å². The van der Waals surface area contributed by atoms with E-state index in [4.69, 9.17) is 5.73 Å². The van der Waals surface area contributed by atoms with Crippen molar-refractivity contribution >= 4 is 18.8 Å². The van der Waals surface area contributed by atoms with Gasteiger partial charge in [-0.1, -0.05) is 26.7 Å². The maximum Gasteiger partial charge on any atom is 0.0813 e. The molecule has 0 aromatic rings. The van der Waals surface area contributed by atoms with E-state index < -0.39 is 0 Å². The van der Waals surface area contributed by atoms with Crippen LogP contribution in [-0.4, -0.2) is 23.5 Å². The number of rotatable bonds is 6. The van der Waals surface area contributed by atoms with E-state index in [9.17, 15) is 0 Å². The fraction of sp³-hybridized carbons (Fsp3) is 0.909. The fourth-order valence-corrected chi connectivity index (χ4v) is 2.57. The standard InChI is InChI=1S/C11H22N2S/c1-3-4-9(2)7-11(5-6-13-11)10(12)8-14/h6,9-10,14H,3-5,7-8,12H2,1-2H3/t9?,10-,11+/m1/s1. The van der Waals surface area contributed by atoms with Crippen LogP contribution in [0.25, 0.3) is 0 Å². The van der Waals surface area contributed by atoms with Gasteiger partial charge in [-0.2, -0.15) is 12.6 Å². The highest BCUT2D eigenvalue weighted by Crippen LogP contribution is 2.34. The predicted octanol–water partition coefficient (Wildman–Crippen LogP) is 2.28. The van der Waals surface area contributed by atoms with Gasteiger partial charge in [-0.15, -0.1) is 0 Å². The summed E-state index contributed by atoms with van der Waals surface area (Å²) in [6.07, 6.45) is 6.68. The SMILES string of the molecule is CCCC(C)C[C@]1([C@H](N)CS)CC=N1. The van der Waals surface area contributed by atoms with E-state index in [1.54, 1.807) is 0 Å². The molecule has 1 rings (SSSR count). The van der Waals surface area contributed by atoms with Gasteiger partial charge in [0.2, 0.25) is 0 Å². The zero-order valence-corrected chi connectivity index (χ0v) is 10.1. The van der Waals surface area contributed by atoms with Gasteiger partial charge in [-0.3, -0.25) is 4.99 Å². The molecule has 1 aliphatic rings. The van der Waals surface area contributed by atoms with Crippen molar-refractivity contribution in [3.63, 3.8) is 0 Å². The van der Waals surface area contributed by atoms with Crippen LogP contribution in [0.3, 0.4) is 0 Å². The van der Waals surface area contributed by atoms with Crippen LogP contribution < -0.4 is 5.73 Å². The molecule has 0 bridgehead atoms. The van der Waals surface area contributed by atoms with Gasteiger partial charge in [0.25, 0.3) is 0 Å². The second-order valence-corrected chi connectivity index (χ2v) is 4.87. The fourth-order valence-electron chi connectivity index (χ4n) is 2.23. The number of aliphatic imine (C=N–C) groups is 1. The Bertz CT molecular complexity index is 205. The summed E-state index contributed by atoms with van der Waals surface area (Å²) < 4.78 is 0. The minimum Gasteiger partial charge on any atom is -0.325 e. The molecule has 14 heavy (non-hydrogen) atoms. The average molecular weight is 214 g/mol. The molecule has 0 fully saturated rings. The number of thiol groups is 1. The van der Waals surface area contributed by atoms with Crippen molar-refractivity contribution < 1.29 is 0 Å². The third-order valence-electron chi connectivity index (χ3n) is 3.16. The Balaban J connectivity index is 2.50. The molecule has 1 unspecified atom stereocenters. The summed E-state index contributed by atoms with van der Waals surface area (Å²) in [4.78, 5) is 4.49. The summed E-state index contributed by atoms with van der Waals surface area (Å²) in [5.74, 6) is 1.46. The van der Waals surface area contributed by atoms with Crippen molar-refractivity contribution in [1.29, 1.82) is 0 Å². The van der Waals surface area contributed by atoms with E-state index >= 15 is 0 Å². The Labute approximate surface area is 92.8 Å². The molecular formula is C11H22N2S. The van der Waals surface area contributed by atoms with E-state index in [2.05, 4.69) is 31.5 Å². The van der Waals surface area contributed by atoms with Crippen LogP contribution in [0.5, 0.6) is 0 Å². The lowest BCUT2D eigenvalue weighted by Crippen LogP contribution is -2.53. The Morgan fingerprint density at radius 2 is 2.29 bits per heavy atom. The normalized spacial score (nSPS) is 29.7. The van der Waals surface area contributed by atoms with E-state index in [1.165, 1.54) is 12.8 Å². The van der Waals surface area contributed by atoms with Crippen molar-refractivity contribution in [2.24, 2.45) is 16.6 Å². The lowest BCUT2D eigenvalue weighted by molar-refractivity contribution is 0.272. The van der Waals surface area contributed by atoms with Gasteiger partial charge in [-0.05, 0) is 12.3 Å². The maximum absolute atomic E-state index is 6.07. The van der Waals surface area contributed by atoms with Crippen molar-refractivity contribution in [1.82, 2.24) is 0 Å². The Hall–Kier alpha value is -0.0200. The molecule has 82 valence electrons. The molecule has 2 N–H and O–H groups in total. The predicted molar refractivity (Wildman–Crippen MR) is 66.4 cm³/mol. The first-order valence-electron chi connectivity index (χ1n) is 5.54. The van der Waals surface area contributed by atoms with Crippen LogP contribution in [0.1, 0.15) is 39.5 Å². The van der Waals surface area contributed by atoms with Gasteiger partial charge in [0.05, 0.1) is 5.54 Å². The van der Waals surface area contributed by atoms with Crippen LogP contribution >= 0.6 is 12.6 Å². The first-order valence-corrected chi connectivity index (χ1v) is 6.18. The highest BCUT2D eigenvalue weighted by atomic mass is 32.1. The summed E-state index contributed by atoms with van der Waals surface area (Å²) >= 11 is 4.27. The first kappa shape index (κ1) is 12.1. The minimum atomic E-state index is 0.0241. The van der Waals surface area contributed by atoms with Crippen LogP contribution in [0.2, 0.25) is 0 Å². The third-order valence-corrected chi connectivity index (χ3v) is 3.56. The molecule has 0 aromatic carbocycles. The second-order valence-electron chi connectivity index (χ2n) is 4.51. The number of hydrogen-bond donors (Lipinski definition) is 2. The summed E-state index contributed by atoms with van der Waals surface area (Å²) in [5.41, 5.74) is 6.09. The van der Waals surface area contributed by atoms with Gasteiger partial charge >= 0.3 is 0 Å². The lowest BCUT2D eigenvalue weighted by Gasteiger charge is -2.41. The van der Waals surface area contributed by atoms with Gasteiger partial charge < -0.3 is 5.73 Å². The summed E-state index contributed by atoms with van der Waals surface area (Å²) in [6, 6.07) is 0.120. The first-order chi connectivity index (χ1) is 6.64. The Morgan fingerprint density at radius 3 is 2.64 bits per heavy atom. The molecule has 0 amide bonds. The molecule has 0 spiro atoms. The second kappa shape index (κ2) is 5.17.